The van der Waals surface area contributed by atoms with Crippen molar-refractivity contribution in [3.63, 3.8) is 0 Å². The predicted molar refractivity (Wildman–Crippen MR) is 71.2 cm³/mol. The van der Waals surface area contributed by atoms with Gasteiger partial charge >= 0.3 is 0 Å². The molecule has 1 unspecified atom stereocenters. The van der Waals surface area contributed by atoms with Crippen LogP contribution in [-0.4, -0.2) is 23.3 Å². The Morgan fingerprint density at radius 1 is 1.56 bits per heavy atom. The fourth-order valence-corrected chi connectivity index (χ4v) is 2.56. The molecule has 3 nitrogen and oxygen atoms in total. The van der Waals surface area contributed by atoms with Gasteiger partial charge in [-0.05, 0) is 44.0 Å². The first-order chi connectivity index (χ1) is 8.45. The summed E-state index contributed by atoms with van der Waals surface area (Å²) in [5.74, 6) is -0.146. The van der Waals surface area contributed by atoms with Crippen molar-refractivity contribution in [3.8, 4) is 0 Å². The highest BCUT2D eigenvalue weighted by atomic mass is 32.2. The minimum absolute atomic E-state index is 0.0685. The summed E-state index contributed by atoms with van der Waals surface area (Å²) < 4.78 is 13.4. The molecular weight excluding hydrogens is 253 g/mol. The van der Waals surface area contributed by atoms with Crippen LogP contribution in [-0.2, 0) is 4.79 Å². The van der Waals surface area contributed by atoms with Crippen molar-refractivity contribution >= 4 is 17.7 Å². The highest BCUT2D eigenvalue weighted by Gasteiger charge is 2.13. The van der Waals surface area contributed by atoms with Gasteiger partial charge in [0.05, 0.1) is 11.9 Å². The van der Waals surface area contributed by atoms with Crippen molar-refractivity contribution in [2.75, 3.05) is 12.3 Å². The van der Waals surface area contributed by atoms with Crippen LogP contribution in [0.25, 0.3) is 0 Å². The largest absolute Gasteiger partial charge is 0.389 e. The molecule has 0 saturated heterocycles. The molecule has 0 heterocycles. The molecule has 1 aromatic carbocycles. The zero-order valence-corrected chi connectivity index (χ0v) is 11.6. The molecule has 0 aliphatic heterocycles. The van der Waals surface area contributed by atoms with E-state index in [1.165, 1.54) is 17.8 Å². The number of aryl methyl sites for hydroxylation is 1. The molecule has 1 rings (SSSR count). The number of amides is 1. The van der Waals surface area contributed by atoms with Crippen molar-refractivity contribution < 1.29 is 14.3 Å². The predicted octanol–water partition coefficient (Wildman–Crippen LogP) is 2.42. The van der Waals surface area contributed by atoms with Gasteiger partial charge in [-0.15, -0.1) is 11.8 Å². The summed E-state index contributed by atoms with van der Waals surface area (Å²) in [7, 11) is 0. The van der Waals surface area contributed by atoms with Crippen LogP contribution >= 0.6 is 11.8 Å². The Morgan fingerprint density at radius 3 is 2.78 bits per heavy atom. The molecule has 2 N–H and O–H groups in total. The molecule has 0 fully saturated rings. The molecule has 5 heteroatoms. The number of halogens is 1. The normalized spacial score (nSPS) is 12.3. The Kier molecular flexibility index (Phi) is 5.62. The molecule has 1 aromatic rings. The Balaban J connectivity index is 2.86. The smallest absolute Gasteiger partial charge is 0.230 e. The summed E-state index contributed by atoms with van der Waals surface area (Å²) >= 11 is 1.31. The first-order valence-corrected chi connectivity index (χ1v) is 6.81. The van der Waals surface area contributed by atoms with Gasteiger partial charge in [-0.2, -0.15) is 0 Å². The van der Waals surface area contributed by atoms with Gasteiger partial charge in [-0.1, -0.05) is 0 Å². The average molecular weight is 271 g/mol. The van der Waals surface area contributed by atoms with E-state index in [1.807, 2.05) is 6.92 Å². The van der Waals surface area contributed by atoms with Crippen LogP contribution in [0.5, 0.6) is 0 Å². The molecule has 0 radical (unpaired) electrons. The zero-order valence-electron chi connectivity index (χ0n) is 10.8. The fourth-order valence-electron chi connectivity index (χ4n) is 1.51. The summed E-state index contributed by atoms with van der Waals surface area (Å²) in [6.07, 6.45) is -0.753. The fraction of sp³-hybridized carbons (Fsp3) is 0.462. The summed E-state index contributed by atoms with van der Waals surface area (Å²) in [5.41, 5.74) is 1.03. The molecule has 1 amide bonds. The van der Waals surface area contributed by atoms with Gasteiger partial charge < -0.3 is 10.4 Å². The van der Waals surface area contributed by atoms with Gasteiger partial charge in [0.2, 0.25) is 5.91 Å². The maximum Gasteiger partial charge on any atom is 0.230 e. The lowest BCUT2D eigenvalue weighted by atomic mass is 10.1. The number of thioether (sulfide) groups is 1. The quantitative estimate of drug-likeness (QED) is 0.809. The maximum atomic E-state index is 13.4. The van der Waals surface area contributed by atoms with Crippen molar-refractivity contribution in [1.29, 1.82) is 0 Å². The van der Waals surface area contributed by atoms with E-state index >= 15 is 0 Å². The number of carbonyl (C=O) groups excluding carboxylic acids is 1. The van der Waals surface area contributed by atoms with Crippen LogP contribution < -0.4 is 5.32 Å². The van der Waals surface area contributed by atoms with Crippen molar-refractivity contribution in [1.82, 2.24) is 5.32 Å². The SMILES string of the molecule is CCNC(=O)CSc1cc(C)c(F)cc1C(C)O. The number of aliphatic hydroxyl groups is 1. The summed E-state index contributed by atoms with van der Waals surface area (Å²) in [6.45, 7) is 5.69. The molecular formula is C13H18FNO2S. The molecule has 1 atom stereocenters. The van der Waals surface area contributed by atoms with E-state index in [0.29, 0.717) is 17.7 Å². The van der Waals surface area contributed by atoms with E-state index in [4.69, 9.17) is 0 Å². The second-order valence-corrected chi connectivity index (χ2v) is 5.07. The van der Waals surface area contributed by atoms with E-state index in [9.17, 15) is 14.3 Å². The van der Waals surface area contributed by atoms with E-state index in [1.54, 1.807) is 19.9 Å². The third-order valence-electron chi connectivity index (χ3n) is 2.47. The molecule has 0 aliphatic carbocycles. The van der Waals surface area contributed by atoms with Crippen molar-refractivity contribution in [2.45, 2.75) is 31.8 Å². The molecule has 0 spiro atoms. The van der Waals surface area contributed by atoms with E-state index in [2.05, 4.69) is 5.32 Å². The lowest BCUT2D eigenvalue weighted by Crippen LogP contribution is -2.24. The molecule has 0 aromatic heterocycles. The van der Waals surface area contributed by atoms with Gasteiger partial charge in [0.15, 0.2) is 0 Å². The minimum atomic E-state index is -0.753. The lowest BCUT2D eigenvalue weighted by Gasteiger charge is -2.13. The highest BCUT2D eigenvalue weighted by molar-refractivity contribution is 8.00. The van der Waals surface area contributed by atoms with E-state index in [0.717, 1.165) is 4.90 Å². The topological polar surface area (TPSA) is 49.3 Å². The summed E-state index contributed by atoms with van der Waals surface area (Å²) in [4.78, 5) is 12.1. The standard InChI is InChI=1S/C13H18FNO2S/c1-4-15-13(17)7-18-12-5-8(2)11(14)6-10(12)9(3)16/h5-6,9,16H,4,7H2,1-3H3,(H,15,17). The second kappa shape index (κ2) is 6.75. The van der Waals surface area contributed by atoms with Crippen molar-refractivity contribution in [3.05, 3.63) is 29.1 Å². The van der Waals surface area contributed by atoms with Gasteiger partial charge in [0, 0.05) is 11.4 Å². The Hall–Kier alpha value is -1.07. The molecule has 0 saturated carbocycles. The molecule has 18 heavy (non-hydrogen) atoms. The number of nitrogens with one attached hydrogen (secondary N) is 1. The summed E-state index contributed by atoms with van der Waals surface area (Å²) in [5, 5.41) is 12.3. The number of rotatable bonds is 5. The molecule has 0 bridgehead atoms. The minimum Gasteiger partial charge on any atom is -0.389 e. The summed E-state index contributed by atoms with van der Waals surface area (Å²) in [6, 6.07) is 3.00. The Bertz CT molecular complexity index is 435. The van der Waals surface area contributed by atoms with Gasteiger partial charge in [-0.25, -0.2) is 4.39 Å². The zero-order chi connectivity index (χ0) is 13.7. The molecule has 100 valence electrons. The average Bonchev–Trinajstić information content (AvgIpc) is 2.30. The van der Waals surface area contributed by atoms with Gasteiger partial charge in [-0.3, -0.25) is 4.79 Å². The lowest BCUT2D eigenvalue weighted by molar-refractivity contribution is -0.118. The Morgan fingerprint density at radius 2 is 2.22 bits per heavy atom. The number of aliphatic hydroxyl groups excluding tert-OH is 1. The number of hydrogen-bond donors (Lipinski definition) is 2. The Labute approximate surface area is 111 Å². The van der Waals surface area contributed by atoms with Crippen LogP contribution in [0, 0.1) is 12.7 Å². The first-order valence-electron chi connectivity index (χ1n) is 5.83. The first kappa shape index (κ1) is 15.0. The van der Waals surface area contributed by atoms with E-state index in [-0.39, 0.29) is 17.5 Å². The molecule has 0 aliphatic rings. The number of carbonyl (C=O) groups is 1. The number of benzene rings is 1. The van der Waals surface area contributed by atoms with Crippen LogP contribution in [0.4, 0.5) is 4.39 Å². The maximum absolute atomic E-state index is 13.4. The highest BCUT2D eigenvalue weighted by Crippen LogP contribution is 2.29. The van der Waals surface area contributed by atoms with Crippen LogP contribution in [0.2, 0.25) is 0 Å². The third-order valence-corrected chi connectivity index (χ3v) is 3.54. The number of hydrogen-bond acceptors (Lipinski definition) is 3. The van der Waals surface area contributed by atoms with E-state index < -0.39 is 6.10 Å². The third kappa shape index (κ3) is 3.99. The van der Waals surface area contributed by atoms with Crippen LogP contribution in [0.15, 0.2) is 17.0 Å². The van der Waals surface area contributed by atoms with Gasteiger partial charge in [0.1, 0.15) is 5.82 Å². The monoisotopic (exact) mass is 271 g/mol. The second-order valence-electron chi connectivity index (χ2n) is 4.06. The van der Waals surface area contributed by atoms with Gasteiger partial charge in [0.25, 0.3) is 0 Å². The van der Waals surface area contributed by atoms with Crippen LogP contribution in [0.1, 0.15) is 31.1 Å². The van der Waals surface area contributed by atoms with Crippen molar-refractivity contribution in [2.24, 2.45) is 0 Å². The van der Waals surface area contributed by atoms with Crippen LogP contribution in [0.3, 0.4) is 0 Å².